The molecule has 1 aliphatic rings. The third-order valence-corrected chi connectivity index (χ3v) is 1.95. The lowest BCUT2D eigenvalue weighted by atomic mass is 9.90. The second-order valence-electron chi connectivity index (χ2n) is 3.21. The van der Waals surface area contributed by atoms with Crippen LogP contribution in [0.25, 0.3) is 0 Å². The minimum Gasteiger partial charge on any atom is -0.400 e. The molecule has 0 aliphatic carbocycles. The first-order valence-electron chi connectivity index (χ1n) is 5.15. The van der Waals surface area contributed by atoms with Crippen molar-refractivity contribution in [2.24, 2.45) is 0 Å². The summed E-state index contributed by atoms with van der Waals surface area (Å²) in [6, 6.07) is 0. The highest BCUT2D eigenvalue weighted by molar-refractivity contribution is 6.54. The van der Waals surface area contributed by atoms with Crippen LogP contribution in [0.2, 0.25) is 0 Å². The number of hydrogen-bond acceptors (Lipinski definition) is 2. The Balaban J connectivity index is 2.06. The van der Waals surface area contributed by atoms with Crippen LogP contribution in [0.5, 0.6) is 0 Å². The first-order chi connectivity index (χ1) is 6.43. The van der Waals surface area contributed by atoms with Crippen molar-refractivity contribution in [2.75, 3.05) is 13.2 Å². The van der Waals surface area contributed by atoms with Gasteiger partial charge in [-0.1, -0.05) is 25.6 Å². The van der Waals surface area contributed by atoms with Crippen LogP contribution in [0, 0.1) is 11.7 Å². The summed E-state index contributed by atoms with van der Waals surface area (Å²) in [5, 5.41) is 0. The molecule has 0 N–H and O–H groups in total. The van der Waals surface area contributed by atoms with E-state index in [-0.39, 0.29) is 7.12 Å². The van der Waals surface area contributed by atoms with Gasteiger partial charge in [0.2, 0.25) is 0 Å². The minimum atomic E-state index is -0.254. The molecule has 1 heterocycles. The molecule has 1 aliphatic heterocycles. The van der Waals surface area contributed by atoms with Crippen molar-refractivity contribution < 1.29 is 9.31 Å². The molecule has 0 atom stereocenters. The Kier molecular flexibility index (Phi) is 5.72. The molecule has 0 aromatic heterocycles. The van der Waals surface area contributed by atoms with E-state index in [1.165, 1.54) is 19.3 Å². The van der Waals surface area contributed by atoms with Crippen LogP contribution in [0.15, 0.2) is 0 Å². The highest BCUT2D eigenvalue weighted by Crippen LogP contribution is 2.00. The molecule has 0 spiro atoms. The fourth-order valence-electron chi connectivity index (χ4n) is 1.19. The molecule has 0 aromatic carbocycles. The summed E-state index contributed by atoms with van der Waals surface area (Å²) in [6.07, 6.45) is 5.67. The molecule has 2 nitrogen and oxygen atoms in total. The van der Waals surface area contributed by atoms with Gasteiger partial charge in [0.15, 0.2) is 0 Å². The van der Waals surface area contributed by atoms with Gasteiger partial charge in [0, 0.05) is 19.6 Å². The third-order valence-electron chi connectivity index (χ3n) is 1.95. The Hall–Kier alpha value is -0.455. The summed E-state index contributed by atoms with van der Waals surface area (Å²) in [5.74, 6) is 6.08. The molecular formula is C10H17BO2. The SMILES string of the molecule is CCCCCC#CB1OCCCO1. The molecular weight excluding hydrogens is 163 g/mol. The number of unbranched alkanes of at least 4 members (excludes halogenated alkanes) is 3. The Labute approximate surface area is 81.1 Å². The third kappa shape index (κ3) is 4.97. The molecule has 72 valence electrons. The molecule has 1 rings (SSSR count). The molecule has 0 unspecified atom stereocenters. The molecule has 0 amide bonds. The molecule has 0 aromatic rings. The first-order valence-corrected chi connectivity index (χ1v) is 5.15. The maximum Gasteiger partial charge on any atom is 0.550 e. The van der Waals surface area contributed by atoms with E-state index in [4.69, 9.17) is 9.31 Å². The van der Waals surface area contributed by atoms with E-state index in [0.717, 1.165) is 26.1 Å². The lowest BCUT2D eigenvalue weighted by molar-refractivity contribution is 0.144. The van der Waals surface area contributed by atoms with Crippen LogP contribution in [-0.2, 0) is 9.31 Å². The Morgan fingerprint density at radius 3 is 2.69 bits per heavy atom. The van der Waals surface area contributed by atoms with Gasteiger partial charge < -0.3 is 9.31 Å². The quantitative estimate of drug-likeness (QED) is 0.376. The molecule has 1 saturated heterocycles. The van der Waals surface area contributed by atoms with E-state index < -0.39 is 0 Å². The van der Waals surface area contributed by atoms with Crippen molar-refractivity contribution in [2.45, 2.75) is 39.0 Å². The largest absolute Gasteiger partial charge is 0.550 e. The average molecular weight is 180 g/mol. The van der Waals surface area contributed by atoms with Crippen molar-refractivity contribution >= 4 is 7.12 Å². The molecule has 13 heavy (non-hydrogen) atoms. The summed E-state index contributed by atoms with van der Waals surface area (Å²) in [6.45, 7) is 3.77. The van der Waals surface area contributed by atoms with E-state index in [0.29, 0.717) is 0 Å². The van der Waals surface area contributed by atoms with Crippen molar-refractivity contribution in [1.29, 1.82) is 0 Å². The zero-order chi connectivity index (χ0) is 9.36. The van der Waals surface area contributed by atoms with E-state index in [2.05, 4.69) is 18.7 Å². The van der Waals surface area contributed by atoms with Gasteiger partial charge in [0.05, 0.1) is 0 Å². The van der Waals surface area contributed by atoms with E-state index in [1.54, 1.807) is 0 Å². The number of hydrogen-bond donors (Lipinski definition) is 0. The monoisotopic (exact) mass is 180 g/mol. The maximum absolute atomic E-state index is 5.29. The van der Waals surface area contributed by atoms with Crippen molar-refractivity contribution in [1.82, 2.24) is 0 Å². The van der Waals surface area contributed by atoms with Crippen LogP contribution in [0.1, 0.15) is 39.0 Å². The van der Waals surface area contributed by atoms with Crippen LogP contribution in [0.3, 0.4) is 0 Å². The Bertz CT molecular complexity index is 177. The summed E-state index contributed by atoms with van der Waals surface area (Å²) in [4.78, 5) is 0. The van der Waals surface area contributed by atoms with Gasteiger partial charge >= 0.3 is 7.12 Å². The molecule has 3 heteroatoms. The highest BCUT2D eigenvalue weighted by atomic mass is 16.6. The fourth-order valence-corrected chi connectivity index (χ4v) is 1.19. The zero-order valence-corrected chi connectivity index (χ0v) is 8.34. The zero-order valence-electron chi connectivity index (χ0n) is 8.34. The van der Waals surface area contributed by atoms with Gasteiger partial charge in [0.1, 0.15) is 0 Å². The summed E-state index contributed by atoms with van der Waals surface area (Å²) >= 11 is 0. The van der Waals surface area contributed by atoms with Crippen LogP contribution < -0.4 is 0 Å². The predicted molar refractivity (Wildman–Crippen MR) is 54.2 cm³/mol. The Morgan fingerprint density at radius 2 is 2.00 bits per heavy atom. The smallest absolute Gasteiger partial charge is 0.400 e. The second-order valence-corrected chi connectivity index (χ2v) is 3.21. The van der Waals surface area contributed by atoms with Gasteiger partial charge in [-0.25, -0.2) is 0 Å². The van der Waals surface area contributed by atoms with Crippen molar-refractivity contribution in [3.05, 3.63) is 0 Å². The van der Waals surface area contributed by atoms with E-state index in [1.807, 2.05) is 0 Å². The molecule has 0 bridgehead atoms. The molecule has 0 saturated carbocycles. The van der Waals surface area contributed by atoms with Crippen molar-refractivity contribution in [3.8, 4) is 11.7 Å². The van der Waals surface area contributed by atoms with Gasteiger partial charge in [-0.3, -0.25) is 0 Å². The van der Waals surface area contributed by atoms with E-state index >= 15 is 0 Å². The average Bonchev–Trinajstić information content (AvgIpc) is 2.19. The second kappa shape index (κ2) is 7.00. The molecule has 0 radical (unpaired) electrons. The van der Waals surface area contributed by atoms with E-state index in [9.17, 15) is 0 Å². The fraction of sp³-hybridized carbons (Fsp3) is 0.800. The molecule has 1 fully saturated rings. The Morgan fingerprint density at radius 1 is 1.23 bits per heavy atom. The maximum atomic E-state index is 5.29. The summed E-state index contributed by atoms with van der Waals surface area (Å²) in [7, 11) is -0.254. The highest BCUT2D eigenvalue weighted by Gasteiger charge is 2.18. The van der Waals surface area contributed by atoms with Gasteiger partial charge in [-0.05, 0) is 12.8 Å². The first kappa shape index (κ1) is 10.6. The lowest BCUT2D eigenvalue weighted by Crippen LogP contribution is -2.28. The van der Waals surface area contributed by atoms with Crippen LogP contribution >= 0.6 is 0 Å². The normalized spacial score (nSPS) is 16.5. The van der Waals surface area contributed by atoms with Crippen molar-refractivity contribution in [3.63, 3.8) is 0 Å². The summed E-state index contributed by atoms with van der Waals surface area (Å²) < 4.78 is 10.6. The van der Waals surface area contributed by atoms with Gasteiger partial charge in [0.25, 0.3) is 0 Å². The standard InChI is InChI=1S/C10H17BO2/c1-2-3-4-5-6-8-11-12-9-7-10-13-11/h2-5,7,9-10H2,1H3. The van der Waals surface area contributed by atoms with Crippen LogP contribution in [-0.4, -0.2) is 20.3 Å². The topological polar surface area (TPSA) is 18.5 Å². The minimum absolute atomic E-state index is 0.254. The lowest BCUT2D eigenvalue weighted by Gasteiger charge is -2.14. The van der Waals surface area contributed by atoms with Crippen LogP contribution in [0.4, 0.5) is 0 Å². The van der Waals surface area contributed by atoms with Gasteiger partial charge in [-0.15, -0.1) is 5.92 Å². The summed E-state index contributed by atoms with van der Waals surface area (Å²) in [5.41, 5.74) is 0. The predicted octanol–water partition coefficient (Wildman–Crippen LogP) is 2.03. The number of rotatable bonds is 3. The van der Waals surface area contributed by atoms with Gasteiger partial charge in [-0.2, -0.15) is 0 Å².